The van der Waals surface area contributed by atoms with E-state index in [9.17, 15) is 4.79 Å². The van der Waals surface area contributed by atoms with Crippen LogP contribution in [0.4, 0.5) is 5.82 Å². The third-order valence-corrected chi connectivity index (χ3v) is 1.63. The molecule has 1 rings (SSSR count). The van der Waals surface area contributed by atoms with Gasteiger partial charge in [-0.1, -0.05) is 0 Å². The summed E-state index contributed by atoms with van der Waals surface area (Å²) < 4.78 is 0. The first-order chi connectivity index (χ1) is 6.09. The molecule has 0 amide bonds. The third kappa shape index (κ3) is 2.70. The van der Waals surface area contributed by atoms with Crippen molar-refractivity contribution in [3.8, 4) is 0 Å². The highest BCUT2D eigenvalue weighted by molar-refractivity contribution is 5.67. The van der Waals surface area contributed by atoms with Crippen LogP contribution in [0.15, 0.2) is 6.20 Å². The molecule has 70 valence electrons. The Morgan fingerprint density at radius 1 is 1.69 bits per heavy atom. The summed E-state index contributed by atoms with van der Waals surface area (Å²) in [5, 5.41) is 8.44. The summed E-state index contributed by atoms with van der Waals surface area (Å²) in [7, 11) is 0. The molecule has 1 aromatic rings. The van der Waals surface area contributed by atoms with Gasteiger partial charge < -0.3 is 10.8 Å². The summed E-state index contributed by atoms with van der Waals surface area (Å²) in [5.41, 5.74) is 6.25. The summed E-state index contributed by atoms with van der Waals surface area (Å²) in [6.07, 6.45) is 2.00. The van der Waals surface area contributed by atoms with E-state index in [1.54, 1.807) is 13.1 Å². The third-order valence-electron chi connectivity index (χ3n) is 1.63. The minimum absolute atomic E-state index is 0.0522. The van der Waals surface area contributed by atoms with E-state index in [0.29, 0.717) is 23.6 Å². The van der Waals surface area contributed by atoms with Gasteiger partial charge in [0.15, 0.2) is 0 Å². The van der Waals surface area contributed by atoms with Gasteiger partial charge in [0.05, 0.1) is 0 Å². The number of aliphatic carboxylic acids is 1. The zero-order valence-corrected chi connectivity index (χ0v) is 7.32. The molecule has 0 unspecified atom stereocenters. The lowest BCUT2D eigenvalue weighted by molar-refractivity contribution is -0.136. The number of hydrogen-bond acceptors (Lipinski definition) is 4. The van der Waals surface area contributed by atoms with Gasteiger partial charge in [0.2, 0.25) is 0 Å². The highest BCUT2D eigenvalue weighted by atomic mass is 16.4. The monoisotopic (exact) mass is 181 g/mol. The number of carboxylic acid groups (broad SMARTS) is 1. The van der Waals surface area contributed by atoms with Crippen molar-refractivity contribution in [1.29, 1.82) is 0 Å². The second-order valence-electron chi connectivity index (χ2n) is 2.72. The van der Waals surface area contributed by atoms with Crippen molar-refractivity contribution in [3.63, 3.8) is 0 Å². The van der Waals surface area contributed by atoms with Crippen LogP contribution >= 0.6 is 0 Å². The van der Waals surface area contributed by atoms with Crippen molar-refractivity contribution in [2.45, 2.75) is 19.8 Å². The number of nitrogens with two attached hydrogens (primary N) is 1. The molecule has 0 saturated heterocycles. The number of aryl methyl sites for hydroxylation is 2. The molecule has 0 fully saturated rings. The van der Waals surface area contributed by atoms with Crippen molar-refractivity contribution in [1.82, 2.24) is 9.97 Å². The number of aromatic nitrogens is 2. The maximum absolute atomic E-state index is 10.3. The fraction of sp³-hybridized carbons (Fsp3) is 0.375. The molecule has 0 spiro atoms. The van der Waals surface area contributed by atoms with Crippen molar-refractivity contribution < 1.29 is 9.90 Å². The summed E-state index contributed by atoms with van der Waals surface area (Å²) in [6, 6.07) is 0. The number of carboxylic acids is 1. The van der Waals surface area contributed by atoms with E-state index in [2.05, 4.69) is 9.97 Å². The van der Waals surface area contributed by atoms with Crippen molar-refractivity contribution in [2.75, 3.05) is 5.73 Å². The molecule has 1 heterocycles. The molecule has 0 aliphatic rings. The topological polar surface area (TPSA) is 89.1 Å². The number of carbonyl (C=O) groups is 1. The Balaban J connectivity index is 2.72. The molecule has 3 N–H and O–H groups in total. The molecular formula is C8H11N3O2. The smallest absolute Gasteiger partial charge is 0.303 e. The Labute approximate surface area is 75.6 Å². The number of nitrogen functional groups attached to an aromatic ring is 1. The Bertz CT molecular complexity index is 325. The summed E-state index contributed by atoms with van der Waals surface area (Å²) in [6.45, 7) is 1.73. The minimum atomic E-state index is -0.847. The van der Waals surface area contributed by atoms with Gasteiger partial charge in [0, 0.05) is 18.2 Å². The lowest BCUT2D eigenvalue weighted by Crippen LogP contribution is -2.04. The van der Waals surface area contributed by atoms with Crippen LogP contribution in [0.3, 0.4) is 0 Å². The van der Waals surface area contributed by atoms with Gasteiger partial charge in [-0.05, 0) is 13.3 Å². The summed E-state index contributed by atoms with van der Waals surface area (Å²) in [5.74, 6) is 0.116. The van der Waals surface area contributed by atoms with E-state index >= 15 is 0 Å². The second kappa shape index (κ2) is 3.84. The van der Waals surface area contributed by atoms with Crippen LogP contribution in [-0.4, -0.2) is 21.0 Å². The zero-order valence-electron chi connectivity index (χ0n) is 7.32. The van der Waals surface area contributed by atoms with E-state index in [1.165, 1.54) is 0 Å². The average molecular weight is 181 g/mol. The fourth-order valence-corrected chi connectivity index (χ4v) is 0.947. The Kier molecular flexibility index (Phi) is 2.79. The predicted molar refractivity (Wildman–Crippen MR) is 47.1 cm³/mol. The highest BCUT2D eigenvalue weighted by Crippen LogP contribution is 2.09. The first kappa shape index (κ1) is 9.44. The summed E-state index contributed by atoms with van der Waals surface area (Å²) >= 11 is 0. The average Bonchev–Trinajstić information content (AvgIpc) is 2.02. The first-order valence-electron chi connectivity index (χ1n) is 3.89. The Morgan fingerprint density at radius 2 is 2.38 bits per heavy atom. The van der Waals surface area contributed by atoms with E-state index in [1.807, 2.05) is 0 Å². The van der Waals surface area contributed by atoms with Crippen molar-refractivity contribution in [3.05, 3.63) is 17.6 Å². The van der Waals surface area contributed by atoms with Crippen LogP contribution in [-0.2, 0) is 11.2 Å². The number of anilines is 1. The molecule has 1 aromatic heterocycles. The lowest BCUT2D eigenvalue weighted by atomic mass is 10.2. The van der Waals surface area contributed by atoms with Gasteiger partial charge in [0.25, 0.3) is 0 Å². The standard InChI is InChI=1S/C8H11N3O2/c1-5-10-4-6(8(9)11-5)2-3-7(12)13/h4H,2-3H2,1H3,(H,12,13)(H2,9,10,11). The largest absolute Gasteiger partial charge is 0.481 e. The molecule has 13 heavy (non-hydrogen) atoms. The number of hydrogen-bond donors (Lipinski definition) is 2. The summed E-state index contributed by atoms with van der Waals surface area (Å²) in [4.78, 5) is 18.1. The molecular weight excluding hydrogens is 170 g/mol. The zero-order chi connectivity index (χ0) is 9.84. The highest BCUT2D eigenvalue weighted by Gasteiger charge is 2.04. The van der Waals surface area contributed by atoms with E-state index in [-0.39, 0.29) is 6.42 Å². The van der Waals surface area contributed by atoms with Crippen LogP contribution in [0, 0.1) is 6.92 Å². The number of nitrogens with zero attached hydrogens (tertiary/aromatic N) is 2. The Morgan fingerprint density at radius 3 is 2.92 bits per heavy atom. The molecule has 0 aromatic carbocycles. The molecule has 0 aliphatic carbocycles. The minimum Gasteiger partial charge on any atom is -0.481 e. The lowest BCUT2D eigenvalue weighted by Gasteiger charge is -2.02. The molecule has 5 nitrogen and oxygen atoms in total. The van der Waals surface area contributed by atoms with Crippen LogP contribution in [0.5, 0.6) is 0 Å². The molecule has 0 saturated carbocycles. The Hall–Kier alpha value is -1.65. The maximum atomic E-state index is 10.3. The van der Waals surface area contributed by atoms with Gasteiger partial charge in [-0.25, -0.2) is 9.97 Å². The van der Waals surface area contributed by atoms with E-state index < -0.39 is 5.97 Å². The fourth-order valence-electron chi connectivity index (χ4n) is 0.947. The van der Waals surface area contributed by atoms with E-state index in [4.69, 9.17) is 10.8 Å². The van der Waals surface area contributed by atoms with Gasteiger partial charge in [-0.3, -0.25) is 4.79 Å². The molecule has 0 atom stereocenters. The van der Waals surface area contributed by atoms with Crippen molar-refractivity contribution >= 4 is 11.8 Å². The van der Waals surface area contributed by atoms with Crippen molar-refractivity contribution in [2.24, 2.45) is 0 Å². The molecule has 5 heteroatoms. The second-order valence-corrected chi connectivity index (χ2v) is 2.72. The molecule has 0 bridgehead atoms. The molecule has 0 aliphatic heterocycles. The van der Waals surface area contributed by atoms with Crippen LogP contribution < -0.4 is 5.73 Å². The van der Waals surface area contributed by atoms with Gasteiger partial charge >= 0.3 is 5.97 Å². The quantitative estimate of drug-likeness (QED) is 0.703. The first-order valence-corrected chi connectivity index (χ1v) is 3.89. The van der Waals surface area contributed by atoms with Crippen LogP contribution in [0.1, 0.15) is 17.8 Å². The van der Waals surface area contributed by atoms with Crippen LogP contribution in [0.25, 0.3) is 0 Å². The van der Waals surface area contributed by atoms with E-state index in [0.717, 1.165) is 0 Å². The normalized spacial score (nSPS) is 9.92. The number of rotatable bonds is 3. The predicted octanol–water partition coefficient (Wildman–Crippen LogP) is 0.384. The molecule has 0 radical (unpaired) electrons. The SMILES string of the molecule is Cc1ncc(CCC(=O)O)c(N)n1. The van der Waals surface area contributed by atoms with Gasteiger partial charge in [-0.15, -0.1) is 0 Å². The van der Waals surface area contributed by atoms with Gasteiger partial charge in [-0.2, -0.15) is 0 Å². The maximum Gasteiger partial charge on any atom is 0.303 e. The van der Waals surface area contributed by atoms with Crippen LogP contribution in [0.2, 0.25) is 0 Å². The van der Waals surface area contributed by atoms with Gasteiger partial charge in [0.1, 0.15) is 11.6 Å².